The lowest BCUT2D eigenvalue weighted by Gasteiger charge is -2.28. The molecule has 7 nitrogen and oxygen atoms in total. The smallest absolute Gasteiger partial charge is 0.317 e. The molecular weight excluding hydrogens is 322 g/mol. The monoisotopic (exact) mass is 349 g/mol. The maximum Gasteiger partial charge on any atom is 0.317 e. The van der Waals surface area contributed by atoms with Crippen molar-refractivity contribution in [2.24, 2.45) is 0 Å². The Bertz CT molecular complexity index is 542. The molecule has 0 saturated carbocycles. The van der Waals surface area contributed by atoms with E-state index < -0.39 is 6.10 Å². The van der Waals surface area contributed by atoms with Gasteiger partial charge < -0.3 is 24.8 Å². The second-order valence-corrected chi connectivity index (χ2v) is 6.44. The maximum absolute atomic E-state index is 12.3. The van der Waals surface area contributed by atoms with Crippen molar-refractivity contribution in [1.29, 1.82) is 0 Å². The molecule has 3 rings (SSSR count). The molecule has 2 heterocycles. The van der Waals surface area contributed by atoms with Gasteiger partial charge in [0.15, 0.2) is 0 Å². The predicted molar refractivity (Wildman–Crippen MR) is 93.7 cm³/mol. The van der Waals surface area contributed by atoms with Crippen molar-refractivity contribution in [3.63, 3.8) is 0 Å². The Morgan fingerprint density at radius 1 is 1.20 bits per heavy atom. The number of aliphatic hydroxyl groups excluding tert-OH is 1. The second kappa shape index (κ2) is 9.03. The summed E-state index contributed by atoms with van der Waals surface area (Å²) in [7, 11) is 0. The third-order valence-electron chi connectivity index (χ3n) is 4.70. The molecule has 2 N–H and O–H groups in total. The minimum Gasteiger partial charge on any atom is -0.492 e. The number of amides is 2. The Kier molecular flexibility index (Phi) is 6.49. The van der Waals surface area contributed by atoms with E-state index in [4.69, 9.17) is 9.47 Å². The Hall–Kier alpha value is -1.83. The Morgan fingerprint density at radius 2 is 2.04 bits per heavy atom. The first kappa shape index (κ1) is 18.0. The Morgan fingerprint density at radius 3 is 2.80 bits per heavy atom. The quantitative estimate of drug-likeness (QED) is 0.759. The highest BCUT2D eigenvalue weighted by molar-refractivity contribution is 5.74. The molecule has 2 fully saturated rings. The molecule has 0 aliphatic carbocycles. The SMILES string of the molecule is O=C(NCCOc1ccccc1)N1CCCN(C2COCC2O)CC1. The van der Waals surface area contributed by atoms with E-state index in [2.05, 4.69) is 10.2 Å². The summed E-state index contributed by atoms with van der Waals surface area (Å²) in [5.41, 5.74) is 0. The number of para-hydroxylation sites is 1. The first-order valence-electron chi connectivity index (χ1n) is 8.94. The molecule has 2 aliphatic rings. The Balaban J connectivity index is 1.37. The van der Waals surface area contributed by atoms with E-state index in [1.54, 1.807) is 0 Å². The molecule has 0 spiro atoms. The minimum atomic E-state index is -0.421. The zero-order chi connectivity index (χ0) is 17.5. The normalized spacial score (nSPS) is 24.8. The van der Waals surface area contributed by atoms with E-state index >= 15 is 0 Å². The van der Waals surface area contributed by atoms with Crippen molar-refractivity contribution >= 4 is 6.03 Å². The van der Waals surface area contributed by atoms with Gasteiger partial charge in [0, 0.05) is 26.2 Å². The van der Waals surface area contributed by atoms with Crippen molar-refractivity contribution in [3.05, 3.63) is 30.3 Å². The molecule has 0 bridgehead atoms. The van der Waals surface area contributed by atoms with Crippen molar-refractivity contribution < 1.29 is 19.4 Å². The fraction of sp³-hybridized carbons (Fsp3) is 0.611. The third kappa shape index (κ3) is 5.07. The average Bonchev–Trinajstić information content (AvgIpc) is 2.92. The standard InChI is InChI=1S/C18H27N3O4/c22-17-14-24-13-16(17)20-8-4-9-21(11-10-20)18(23)19-7-12-25-15-5-2-1-3-6-15/h1-3,5-6,16-17,22H,4,7-14H2,(H,19,23). The molecule has 25 heavy (non-hydrogen) atoms. The van der Waals surface area contributed by atoms with Crippen molar-refractivity contribution in [2.75, 3.05) is 52.5 Å². The number of benzene rings is 1. The molecule has 2 unspecified atom stereocenters. The number of nitrogens with zero attached hydrogens (tertiary/aromatic N) is 2. The highest BCUT2D eigenvalue weighted by Gasteiger charge is 2.32. The molecule has 138 valence electrons. The maximum atomic E-state index is 12.3. The van der Waals surface area contributed by atoms with E-state index in [-0.39, 0.29) is 12.1 Å². The molecule has 2 aliphatic heterocycles. The van der Waals surface area contributed by atoms with Crippen LogP contribution in [-0.4, -0.2) is 85.6 Å². The van der Waals surface area contributed by atoms with Crippen LogP contribution in [0.25, 0.3) is 0 Å². The summed E-state index contributed by atoms with van der Waals surface area (Å²) in [4.78, 5) is 16.4. The van der Waals surface area contributed by atoms with Crippen LogP contribution < -0.4 is 10.1 Å². The van der Waals surface area contributed by atoms with Gasteiger partial charge in [-0.3, -0.25) is 4.90 Å². The van der Waals surface area contributed by atoms with Crippen molar-refractivity contribution in [1.82, 2.24) is 15.1 Å². The first-order valence-corrected chi connectivity index (χ1v) is 8.94. The number of ether oxygens (including phenoxy) is 2. The van der Waals surface area contributed by atoms with Crippen LogP contribution in [0.5, 0.6) is 5.75 Å². The summed E-state index contributed by atoms with van der Waals surface area (Å²) in [5.74, 6) is 0.805. The molecule has 1 aromatic carbocycles. The third-order valence-corrected chi connectivity index (χ3v) is 4.70. The lowest BCUT2D eigenvalue weighted by Crippen LogP contribution is -2.46. The summed E-state index contributed by atoms with van der Waals surface area (Å²) in [5, 5.41) is 12.9. The second-order valence-electron chi connectivity index (χ2n) is 6.44. The van der Waals surface area contributed by atoms with Gasteiger partial charge in [0.25, 0.3) is 0 Å². The van der Waals surface area contributed by atoms with Crippen LogP contribution in [-0.2, 0) is 4.74 Å². The number of carbonyl (C=O) groups is 1. The van der Waals surface area contributed by atoms with Crippen LogP contribution >= 0.6 is 0 Å². The molecule has 7 heteroatoms. The summed E-state index contributed by atoms with van der Waals surface area (Å²) in [6, 6.07) is 9.57. The van der Waals surface area contributed by atoms with Crippen molar-refractivity contribution in [2.45, 2.75) is 18.6 Å². The highest BCUT2D eigenvalue weighted by atomic mass is 16.5. The van der Waals surface area contributed by atoms with E-state index in [1.165, 1.54) is 0 Å². The number of hydrogen-bond acceptors (Lipinski definition) is 5. The molecule has 2 atom stereocenters. The van der Waals surface area contributed by atoms with Crippen LogP contribution in [0.3, 0.4) is 0 Å². The molecule has 2 saturated heterocycles. The lowest BCUT2D eigenvalue weighted by atomic mass is 10.2. The summed E-state index contributed by atoms with van der Waals surface area (Å²) < 4.78 is 10.9. The van der Waals surface area contributed by atoms with Gasteiger partial charge in [0.1, 0.15) is 12.4 Å². The van der Waals surface area contributed by atoms with Gasteiger partial charge in [-0.2, -0.15) is 0 Å². The van der Waals surface area contributed by atoms with Crippen LogP contribution in [0.2, 0.25) is 0 Å². The molecule has 0 radical (unpaired) electrons. The number of rotatable bonds is 5. The van der Waals surface area contributed by atoms with Gasteiger partial charge in [-0.25, -0.2) is 4.79 Å². The van der Waals surface area contributed by atoms with Crippen LogP contribution in [0.4, 0.5) is 4.79 Å². The zero-order valence-corrected chi connectivity index (χ0v) is 14.5. The number of hydrogen-bond donors (Lipinski definition) is 2. The number of nitrogens with one attached hydrogen (secondary N) is 1. The molecule has 2 amide bonds. The fourth-order valence-electron chi connectivity index (χ4n) is 3.31. The number of urea groups is 1. The Labute approximate surface area is 148 Å². The molecular formula is C18H27N3O4. The number of aliphatic hydroxyl groups is 1. The lowest BCUT2D eigenvalue weighted by molar-refractivity contribution is 0.0844. The molecule has 0 aromatic heterocycles. The van der Waals surface area contributed by atoms with Gasteiger partial charge in [-0.15, -0.1) is 0 Å². The summed E-state index contributed by atoms with van der Waals surface area (Å²) >= 11 is 0. The minimum absolute atomic E-state index is 0.0540. The van der Waals surface area contributed by atoms with Gasteiger partial charge in [-0.1, -0.05) is 18.2 Å². The van der Waals surface area contributed by atoms with E-state index in [0.29, 0.717) is 32.9 Å². The zero-order valence-electron chi connectivity index (χ0n) is 14.5. The van der Waals surface area contributed by atoms with Gasteiger partial charge in [-0.05, 0) is 18.6 Å². The summed E-state index contributed by atoms with van der Waals surface area (Å²) in [6.07, 6.45) is 0.479. The predicted octanol–water partition coefficient (Wildman–Crippen LogP) is 0.542. The van der Waals surface area contributed by atoms with E-state index in [1.807, 2.05) is 35.2 Å². The van der Waals surface area contributed by atoms with E-state index in [9.17, 15) is 9.90 Å². The fourth-order valence-corrected chi connectivity index (χ4v) is 3.31. The summed E-state index contributed by atoms with van der Waals surface area (Å²) in [6.45, 7) is 4.94. The topological polar surface area (TPSA) is 74.3 Å². The van der Waals surface area contributed by atoms with Crippen LogP contribution in [0.15, 0.2) is 30.3 Å². The largest absolute Gasteiger partial charge is 0.492 e. The van der Waals surface area contributed by atoms with Crippen LogP contribution in [0, 0.1) is 0 Å². The first-order chi connectivity index (χ1) is 12.2. The van der Waals surface area contributed by atoms with Crippen LogP contribution in [0.1, 0.15) is 6.42 Å². The van der Waals surface area contributed by atoms with Gasteiger partial charge >= 0.3 is 6.03 Å². The average molecular weight is 349 g/mol. The van der Waals surface area contributed by atoms with Gasteiger partial charge in [0.05, 0.1) is 31.9 Å². The highest BCUT2D eigenvalue weighted by Crippen LogP contribution is 2.16. The van der Waals surface area contributed by atoms with E-state index in [0.717, 1.165) is 31.8 Å². The number of carbonyl (C=O) groups excluding carboxylic acids is 1. The molecule has 1 aromatic rings. The van der Waals surface area contributed by atoms with Crippen molar-refractivity contribution in [3.8, 4) is 5.75 Å². The van der Waals surface area contributed by atoms with Gasteiger partial charge in [0.2, 0.25) is 0 Å².